The van der Waals surface area contributed by atoms with E-state index in [4.69, 9.17) is 4.74 Å². The molecule has 1 saturated heterocycles. The molecule has 1 aliphatic heterocycles. The number of benzene rings is 1. The Balaban J connectivity index is 1.49. The molecule has 1 aromatic rings. The van der Waals surface area contributed by atoms with E-state index in [0.29, 0.717) is 0 Å². The number of ether oxygens (including phenoxy) is 1. The second-order valence-electron chi connectivity index (χ2n) is 6.78. The number of morpholine rings is 1. The van der Waals surface area contributed by atoms with Crippen LogP contribution in [0.4, 0.5) is 16.2 Å². The molecule has 1 atom stereocenters. The molecule has 24 heavy (non-hydrogen) atoms. The molecule has 0 aromatic heterocycles. The summed E-state index contributed by atoms with van der Waals surface area (Å²) in [7, 11) is 0. The molecular formula is C18H27N3O3. The van der Waals surface area contributed by atoms with Crippen LogP contribution in [-0.4, -0.2) is 49.1 Å². The summed E-state index contributed by atoms with van der Waals surface area (Å²) in [6, 6.07) is 7.90. The van der Waals surface area contributed by atoms with E-state index in [0.717, 1.165) is 56.8 Å². The minimum Gasteiger partial charge on any atom is -0.393 e. The molecule has 1 unspecified atom stereocenters. The van der Waals surface area contributed by atoms with Gasteiger partial charge in [0.15, 0.2) is 0 Å². The van der Waals surface area contributed by atoms with Gasteiger partial charge in [-0.2, -0.15) is 0 Å². The highest BCUT2D eigenvalue weighted by Crippen LogP contribution is 2.21. The lowest BCUT2D eigenvalue weighted by Gasteiger charge is -2.33. The molecule has 132 valence electrons. The van der Waals surface area contributed by atoms with Crippen molar-refractivity contribution in [3.8, 4) is 0 Å². The lowest BCUT2D eigenvalue weighted by molar-refractivity contribution is 0.0532. The fourth-order valence-electron chi connectivity index (χ4n) is 3.38. The summed E-state index contributed by atoms with van der Waals surface area (Å²) in [6.07, 6.45) is 3.23. The summed E-state index contributed by atoms with van der Waals surface area (Å²) >= 11 is 0. The average Bonchev–Trinajstić information content (AvgIpc) is 2.58. The summed E-state index contributed by atoms with van der Waals surface area (Å²) in [5.74, 6) is 0. The van der Waals surface area contributed by atoms with E-state index in [9.17, 15) is 9.90 Å². The van der Waals surface area contributed by atoms with Crippen LogP contribution < -0.4 is 15.5 Å². The quantitative estimate of drug-likeness (QED) is 0.794. The second kappa shape index (κ2) is 7.85. The smallest absolute Gasteiger partial charge is 0.319 e. The number of amides is 2. The molecule has 3 rings (SSSR count). The minimum absolute atomic E-state index is 0.155. The highest BCUT2D eigenvalue weighted by Gasteiger charge is 2.21. The predicted octanol–water partition coefficient (Wildman–Crippen LogP) is 2.34. The molecule has 2 fully saturated rings. The molecule has 0 bridgehead atoms. The SMILES string of the molecule is CC1CN(c2ccc(NC(=O)NC3CCC(O)CC3)cc2)CCO1. The first kappa shape index (κ1) is 17.0. The normalized spacial score (nSPS) is 27.6. The van der Waals surface area contributed by atoms with Gasteiger partial charge in [0.25, 0.3) is 0 Å². The van der Waals surface area contributed by atoms with E-state index in [1.54, 1.807) is 0 Å². The van der Waals surface area contributed by atoms with Crippen molar-refractivity contribution < 1.29 is 14.6 Å². The number of aliphatic hydroxyl groups is 1. The van der Waals surface area contributed by atoms with E-state index < -0.39 is 0 Å². The van der Waals surface area contributed by atoms with Gasteiger partial charge < -0.3 is 25.4 Å². The topological polar surface area (TPSA) is 73.8 Å². The maximum absolute atomic E-state index is 12.1. The van der Waals surface area contributed by atoms with Crippen molar-refractivity contribution >= 4 is 17.4 Å². The third-order valence-corrected chi connectivity index (χ3v) is 4.76. The van der Waals surface area contributed by atoms with Crippen molar-refractivity contribution in [2.75, 3.05) is 29.9 Å². The first-order valence-electron chi connectivity index (χ1n) is 8.82. The Bertz CT molecular complexity index is 541. The van der Waals surface area contributed by atoms with Gasteiger partial charge in [-0.3, -0.25) is 0 Å². The van der Waals surface area contributed by atoms with Crippen molar-refractivity contribution in [3.63, 3.8) is 0 Å². The fraction of sp³-hybridized carbons (Fsp3) is 0.611. The number of carbonyl (C=O) groups is 1. The minimum atomic E-state index is -0.207. The number of hydrogen-bond acceptors (Lipinski definition) is 4. The Morgan fingerprint density at radius 1 is 1.21 bits per heavy atom. The molecule has 3 N–H and O–H groups in total. The Labute approximate surface area is 143 Å². The molecule has 2 aliphatic rings. The van der Waals surface area contributed by atoms with Crippen LogP contribution in [0.2, 0.25) is 0 Å². The van der Waals surface area contributed by atoms with Crippen molar-refractivity contribution in [1.82, 2.24) is 5.32 Å². The van der Waals surface area contributed by atoms with Crippen molar-refractivity contribution in [2.45, 2.75) is 50.9 Å². The zero-order valence-corrected chi connectivity index (χ0v) is 14.2. The number of nitrogens with zero attached hydrogens (tertiary/aromatic N) is 1. The molecule has 1 saturated carbocycles. The molecule has 1 aliphatic carbocycles. The highest BCUT2D eigenvalue weighted by molar-refractivity contribution is 5.89. The van der Waals surface area contributed by atoms with Gasteiger partial charge in [0.05, 0.1) is 18.8 Å². The van der Waals surface area contributed by atoms with E-state index in [1.807, 2.05) is 24.3 Å². The van der Waals surface area contributed by atoms with Crippen LogP contribution in [0.15, 0.2) is 24.3 Å². The van der Waals surface area contributed by atoms with Crippen LogP contribution in [0.5, 0.6) is 0 Å². The number of urea groups is 1. The number of nitrogens with one attached hydrogen (secondary N) is 2. The van der Waals surface area contributed by atoms with Crippen molar-refractivity contribution in [1.29, 1.82) is 0 Å². The molecule has 0 radical (unpaired) electrons. The van der Waals surface area contributed by atoms with Crippen LogP contribution in [-0.2, 0) is 4.74 Å². The summed E-state index contributed by atoms with van der Waals surface area (Å²) in [5.41, 5.74) is 1.94. The molecule has 0 spiro atoms. The van der Waals surface area contributed by atoms with Gasteiger partial charge in [0.1, 0.15) is 0 Å². The molecule has 1 heterocycles. The first-order valence-corrected chi connectivity index (χ1v) is 8.82. The number of rotatable bonds is 3. The third-order valence-electron chi connectivity index (χ3n) is 4.76. The summed E-state index contributed by atoms with van der Waals surface area (Å²) in [6.45, 7) is 4.61. The van der Waals surface area contributed by atoms with Gasteiger partial charge in [-0.05, 0) is 56.9 Å². The highest BCUT2D eigenvalue weighted by atomic mass is 16.5. The standard InChI is InChI=1S/C18H27N3O3/c1-13-12-21(10-11-24-13)16-6-2-14(3-7-16)19-18(23)20-15-4-8-17(22)9-5-15/h2-3,6-7,13,15,17,22H,4-5,8-12H2,1H3,(H2,19,20,23). The van der Waals surface area contributed by atoms with Gasteiger partial charge in [0, 0.05) is 30.5 Å². The van der Waals surface area contributed by atoms with Crippen LogP contribution in [0.25, 0.3) is 0 Å². The Morgan fingerprint density at radius 2 is 1.92 bits per heavy atom. The molecule has 1 aromatic carbocycles. The second-order valence-corrected chi connectivity index (χ2v) is 6.78. The average molecular weight is 333 g/mol. The largest absolute Gasteiger partial charge is 0.393 e. The van der Waals surface area contributed by atoms with E-state index >= 15 is 0 Å². The molecule has 6 heteroatoms. The van der Waals surface area contributed by atoms with Crippen LogP contribution >= 0.6 is 0 Å². The maximum Gasteiger partial charge on any atom is 0.319 e. The van der Waals surface area contributed by atoms with Crippen LogP contribution in [0.3, 0.4) is 0 Å². The predicted molar refractivity (Wildman–Crippen MR) is 94.5 cm³/mol. The lowest BCUT2D eigenvalue weighted by atomic mass is 9.93. The maximum atomic E-state index is 12.1. The fourth-order valence-corrected chi connectivity index (χ4v) is 3.38. The van der Waals surface area contributed by atoms with Crippen LogP contribution in [0.1, 0.15) is 32.6 Å². The summed E-state index contributed by atoms with van der Waals surface area (Å²) in [5, 5.41) is 15.4. The van der Waals surface area contributed by atoms with Crippen molar-refractivity contribution in [3.05, 3.63) is 24.3 Å². The van der Waals surface area contributed by atoms with E-state index in [2.05, 4.69) is 22.5 Å². The zero-order valence-electron chi connectivity index (χ0n) is 14.2. The third kappa shape index (κ3) is 4.61. The number of carbonyl (C=O) groups excluding carboxylic acids is 1. The Morgan fingerprint density at radius 3 is 2.58 bits per heavy atom. The van der Waals surface area contributed by atoms with Crippen molar-refractivity contribution in [2.24, 2.45) is 0 Å². The molecular weight excluding hydrogens is 306 g/mol. The monoisotopic (exact) mass is 333 g/mol. The molecule has 2 amide bonds. The van der Waals surface area contributed by atoms with Gasteiger partial charge in [0.2, 0.25) is 0 Å². The van der Waals surface area contributed by atoms with E-state index in [1.165, 1.54) is 0 Å². The summed E-state index contributed by atoms with van der Waals surface area (Å²) in [4.78, 5) is 14.4. The van der Waals surface area contributed by atoms with Gasteiger partial charge >= 0.3 is 6.03 Å². The lowest BCUT2D eigenvalue weighted by Crippen LogP contribution is -2.41. The van der Waals surface area contributed by atoms with Crippen LogP contribution in [0, 0.1) is 0 Å². The number of aliphatic hydroxyl groups excluding tert-OH is 1. The van der Waals surface area contributed by atoms with Gasteiger partial charge in [-0.25, -0.2) is 4.79 Å². The van der Waals surface area contributed by atoms with E-state index in [-0.39, 0.29) is 24.3 Å². The number of hydrogen-bond donors (Lipinski definition) is 3. The first-order chi connectivity index (χ1) is 11.6. The summed E-state index contributed by atoms with van der Waals surface area (Å²) < 4.78 is 5.56. The Hall–Kier alpha value is -1.79. The zero-order chi connectivity index (χ0) is 16.9. The Kier molecular flexibility index (Phi) is 5.58. The van der Waals surface area contributed by atoms with Gasteiger partial charge in [-0.1, -0.05) is 0 Å². The molecule has 6 nitrogen and oxygen atoms in total. The number of anilines is 2. The van der Waals surface area contributed by atoms with Gasteiger partial charge in [-0.15, -0.1) is 0 Å².